The molecule has 0 bridgehead atoms. The zero-order valence-electron chi connectivity index (χ0n) is 15.5. The Labute approximate surface area is 187 Å². The first-order valence-electron chi connectivity index (χ1n) is 8.78. The van der Waals surface area contributed by atoms with Gasteiger partial charge in [-0.25, -0.2) is 4.79 Å². The molecule has 9 heteroatoms. The number of rotatable bonds is 6. The van der Waals surface area contributed by atoms with Gasteiger partial charge >= 0.3 is 5.97 Å². The molecule has 1 aromatic heterocycles. The monoisotopic (exact) mass is 492 g/mol. The van der Waals surface area contributed by atoms with E-state index in [0.717, 1.165) is 15.7 Å². The number of anilines is 2. The summed E-state index contributed by atoms with van der Waals surface area (Å²) in [5.41, 5.74) is 2.19. The summed E-state index contributed by atoms with van der Waals surface area (Å²) in [7, 11) is 0. The van der Waals surface area contributed by atoms with Crippen molar-refractivity contribution < 1.29 is 9.53 Å². The maximum absolute atomic E-state index is 11.7. The lowest BCUT2D eigenvalue weighted by atomic mass is 10.2. The summed E-state index contributed by atoms with van der Waals surface area (Å²) >= 11 is 15.1. The summed E-state index contributed by atoms with van der Waals surface area (Å²) < 4.78 is 7.51. The van der Waals surface area contributed by atoms with E-state index in [9.17, 15) is 4.79 Å². The van der Waals surface area contributed by atoms with Crippen LogP contribution in [0.3, 0.4) is 0 Å². The van der Waals surface area contributed by atoms with Crippen molar-refractivity contribution in [1.82, 2.24) is 9.78 Å². The number of carbonyl (C=O) groups is 1. The molecule has 29 heavy (non-hydrogen) atoms. The molecule has 0 fully saturated rings. The van der Waals surface area contributed by atoms with Crippen LogP contribution in [-0.2, 0) is 11.3 Å². The van der Waals surface area contributed by atoms with Crippen LogP contribution in [0.4, 0.5) is 11.5 Å². The van der Waals surface area contributed by atoms with Crippen molar-refractivity contribution in [2.75, 3.05) is 17.2 Å². The van der Waals surface area contributed by atoms with Crippen LogP contribution in [0.25, 0.3) is 0 Å². The van der Waals surface area contributed by atoms with E-state index in [1.54, 1.807) is 35.9 Å². The summed E-state index contributed by atoms with van der Waals surface area (Å²) in [5, 5.41) is 11.7. The SMILES string of the molecule is CCOC(=O)c1ccc(NC(=S)Nc2nn(Cc3ccccc3Cl)cc2Br)cc1. The van der Waals surface area contributed by atoms with Crippen molar-refractivity contribution in [3.8, 4) is 0 Å². The summed E-state index contributed by atoms with van der Waals surface area (Å²) in [4.78, 5) is 11.7. The highest BCUT2D eigenvalue weighted by Crippen LogP contribution is 2.23. The number of esters is 1. The smallest absolute Gasteiger partial charge is 0.338 e. The molecule has 0 saturated carbocycles. The maximum Gasteiger partial charge on any atom is 0.338 e. The highest BCUT2D eigenvalue weighted by Gasteiger charge is 2.11. The van der Waals surface area contributed by atoms with Gasteiger partial charge in [-0.1, -0.05) is 29.8 Å². The van der Waals surface area contributed by atoms with E-state index < -0.39 is 0 Å². The number of hydrogen-bond donors (Lipinski definition) is 2. The second-order valence-electron chi connectivity index (χ2n) is 5.99. The first-order valence-corrected chi connectivity index (χ1v) is 10.4. The Morgan fingerprint density at radius 3 is 2.62 bits per heavy atom. The van der Waals surface area contributed by atoms with Gasteiger partial charge in [-0.05, 0) is 71.0 Å². The van der Waals surface area contributed by atoms with Crippen molar-refractivity contribution in [2.24, 2.45) is 0 Å². The molecule has 1 heterocycles. The Bertz CT molecular complexity index is 1020. The Morgan fingerprint density at radius 1 is 1.21 bits per heavy atom. The second kappa shape index (κ2) is 9.87. The maximum atomic E-state index is 11.7. The molecular weight excluding hydrogens is 476 g/mol. The minimum absolute atomic E-state index is 0.338. The van der Waals surface area contributed by atoms with E-state index in [0.29, 0.717) is 34.7 Å². The lowest BCUT2D eigenvalue weighted by Crippen LogP contribution is -2.20. The van der Waals surface area contributed by atoms with Gasteiger partial charge < -0.3 is 15.4 Å². The predicted molar refractivity (Wildman–Crippen MR) is 123 cm³/mol. The van der Waals surface area contributed by atoms with Crippen LogP contribution in [0.15, 0.2) is 59.2 Å². The van der Waals surface area contributed by atoms with Crippen molar-refractivity contribution in [3.05, 3.63) is 75.4 Å². The summed E-state index contributed by atoms with van der Waals surface area (Å²) in [6.45, 7) is 2.64. The van der Waals surface area contributed by atoms with Gasteiger partial charge in [-0.2, -0.15) is 5.10 Å². The van der Waals surface area contributed by atoms with Gasteiger partial charge in [0.15, 0.2) is 10.9 Å². The van der Waals surface area contributed by atoms with Gasteiger partial charge in [-0.15, -0.1) is 0 Å². The van der Waals surface area contributed by atoms with Gasteiger partial charge in [0.25, 0.3) is 0 Å². The van der Waals surface area contributed by atoms with E-state index in [-0.39, 0.29) is 5.97 Å². The van der Waals surface area contributed by atoms with Crippen LogP contribution in [0.2, 0.25) is 5.02 Å². The Kier molecular flexibility index (Phi) is 7.24. The molecule has 6 nitrogen and oxygen atoms in total. The van der Waals surface area contributed by atoms with E-state index in [4.69, 9.17) is 28.6 Å². The molecule has 150 valence electrons. The number of halogens is 2. The molecule has 0 aliphatic carbocycles. The third-order valence-corrected chi connectivity index (χ3v) is 5.05. The lowest BCUT2D eigenvalue weighted by Gasteiger charge is -2.10. The number of nitrogens with one attached hydrogen (secondary N) is 2. The van der Waals surface area contributed by atoms with Crippen LogP contribution in [0.5, 0.6) is 0 Å². The fourth-order valence-electron chi connectivity index (χ4n) is 2.54. The van der Waals surface area contributed by atoms with Crippen LogP contribution < -0.4 is 10.6 Å². The molecule has 0 saturated heterocycles. The molecule has 0 radical (unpaired) electrons. The quantitative estimate of drug-likeness (QED) is 0.357. The number of ether oxygens (including phenoxy) is 1. The standard InChI is InChI=1S/C20H18BrClN4O2S/c1-2-28-19(27)13-7-9-15(10-8-13)23-20(29)24-18-16(21)12-26(25-18)11-14-5-3-4-6-17(14)22/h3-10,12H,2,11H2,1H3,(H2,23,24,25,29). The van der Waals surface area contributed by atoms with Crippen LogP contribution in [0.1, 0.15) is 22.8 Å². The second-order valence-corrected chi connectivity index (χ2v) is 7.66. The zero-order chi connectivity index (χ0) is 20.8. The van der Waals surface area contributed by atoms with E-state index in [1.165, 1.54) is 0 Å². The number of aromatic nitrogens is 2. The third kappa shape index (κ3) is 5.79. The van der Waals surface area contributed by atoms with Gasteiger partial charge in [0.2, 0.25) is 0 Å². The molecule has 0 aliphatic heterocycles. The van der Waals surface area contributed by atoms with Crippen molar-refractivity contribution in [1.29, 1.82) is 0 Å². The Morgan fingerprint density at radius 2 is 1.93 bits per heavy atom. The molecule has 0 aliphatic rings. The molecule has 3 rings (SSSR count). The largest absolute Gasteiger partial charge is 0.462 e. The molecule has 2 aromatic carbocycles. The lowest BCUT2D eigenvalue weighted by molar-refractivity contribution is 0.0526. The highest BCUT2D eigenvalue weighted by molar-refractivity contribution is 9.10. The third-order valence-electron chi connectivity index (χ3n) is 3.89. The zero-order valence-corrected chi connectivity index (χ0v) is 18.6. The van der Waals surface area contributed by atoms with Crippen molar-refractivity contribution in [2.45, 2.75) is 13.5 Å². The van der Waals surface area contributed by atoms with E-state index in [1.807, 2.05) is 30.5 Å². The minimum atomic E-state index is -0.354. The first-order chi connectivity index (χ1) is 14.0. The molecule has 0 spiro atoms. The molecule has 0 unspecified atom stereocenters. The molecule has 0 amide bonds. The van der Waals surface area contributed by atoms with Gasteiger partial charge in [0.1, 0.15) is 0 Å². The average molecular weight is 494 g/mol. The van der Waals surface area contributed by atoms with Gasteiger partial charge in [0, 0.05) is 16.9 Å². The van der Waals surface area contributed by atoms with Gasteiger partial charge in [0.05, 0.1) is 23.2 Å². The van der Waals surface area contributed by atoms with E-state index in [2.05, 4.69) is 31.7 Å². The topological polar surface area (TPSA) is 68.2 Å². The number of benzene rings is 2. The first kappa shape index (κ1) is 21.3. The molecule has 2 N–H and O–H groups in total. The highest BCUT2D eigenvalue weighted by atomic mass is 79.9. The Balaban J connectivity index is 1.61. The van der Waals surface area contributed by atoms with Crippen LogP contribution in [0, 0.1) is 0 Å². The van der Waals surface area contributed by atoms with Crippen molar-refractivity contribution in [3.63, 3.8) is 0 Å². The van der Waals surface area contributed by atoms with Crippen LogP contribution >= 0.6 is 39.7 Å². The number of hydrogen-bond acceptors (Lipinski definition) is 4. The summed E-state index contributed by atoms with van der Waals surface area (Å²) in [5.74, 6) is 0.227. The van der Waals surface area contributed by atoms with Crippen LogP contribution in [-0.4, -0.2) is 27.5 Å². The number of carbonyl (C=O) groups excluding carboxylic acids is 1. The van der Waals surface area contributed by atoms with Crippen molar-refractivity contribution >= 4 is 62.3 Å². The Hall–Kier alpha value is -2.42. The van der Waals surface area contributed by atoms with E-state index >= 15 is 0 Å². The fourth-order valence-corrected chi connectivity index (χ4v) is 3.36. The average Bonchev–Trinajstić information content (AvgIpc) is 3.03. The predicted octanol–water partition coefficient (Wildman–Crippen LogP) is 5.33. The number of nitrogens with zero attached hydrogens (tertiary/aromatic N) is 2. The summed E-state index contributed by atoms with van der Waals surface area (Å²) in [6, 6.07) is 14.5. The normalized spacial score (nSPS) is 10.4. The fraction of sp³-hybridized carbons (Fsp3) is 0.150. The minimum Gasteiger partial charge on any atom is -0.462 e. The number of thiocarbonyl (C=S) groups is 1. The molecular formula is C20H18BrClN4O2S. The van der Waals surface area contributed by atoms with Gasteiger partial charge in [-0.3, -0.25) is 4.68 Å². The summed E-state index contributed by atoms with van der Waals surface area (Å²) in [6.07, 6.45) is 1.85. The molecule has 3 aromatic rings. The molecule has 0 atom stereocenters.